The Morgan fingerprint density at radius 1 is 1.10 bits per heavy atom. The van der Waals surface area contributed by atoms with E-state index in [9.17, 15) is 4.79 Å². The average molecular weight is 579 g/mol. The predicted octanol–water partition coefficient (Wildman–Crippen LogP) is 4.50. The van der Waals surface area contributed by atoms with Gasteiger partial charge >= 0.3 is 0 Å². The topological polar surface area (TPSA) is 106 Å². The number of rotatable bonds is 9. The first kappa shape index (κ1) is 26.7. The number of halogens is 2. The second-order valence-corrected chi connectivity index (χ2v) is 10.8. The molecule has 3 N–H and O–H groups in total. The molecule has 1 unspecified atom stereocenters. The van der Waals surface area contributed by atoms with E-state index in [-0.39, 0.29) is 11.9 Å². The van der Waals surface area contributed by atoms with Crippen LogP contribution in [0.1, 0.15) is 24.4 Å². The second-order valence-electron chi connectivity index (χ2n) is 10.0. The van der Waals surface area contributed by atoms with Gasteiger partial charge in [-0.1, -0.05) is 47.5 Å². The summed E-state index contributed by atoms with van der Waals surface area (Å²) in [5, 5.41) is 15.2. The van der Waals surface area contributed by atoms with Crippen LogP contribution in [0, 0.1) is 0 Å². The van der Waals surface area contributed by atoms with Gasteiger partial charge in [0.05, 0.1) is 40.8 Å². The van der Waals surface area contributed by atoms with Crippen molar-refractivity contribution in [3.8, 4) is 39.5 Å². The van der Waals surface area contributed by atoms with Crippen LogP contribution in [0.3, 0.4) is 0 Å². The molecule has 40 heavy (non-hydrogen) atoms. The Labute approximate surface area is 242 Å². The molecule has 0 spiro atoms. The summed E-state index contributed by atoms with van der Waals surface area (Å²) >= 11 is 13.9. The van der Waals surface area contributed by atoms with Crippen LogP contribution in [0.25, 0.3) is 33.6 Å². The predicted molar refractivity (Wildman–Crippen MR) is 155 cm³/mol. The number of ether oxygens (including phenoxy) is 1. The summed E-state index contributed by atoms with van der Waals surface area (Å²) in [6, 6.07) is 12.1. The minimum Gasteiger partial charge on any atom is -0.481 e. The third kappa shape index (κ3) is 5.30. The van der Waals surface area contributed by atoms with E-state index < -0.39 is 0 Å². The van der Waals surface area contributed by atoms with Crippen molar-refractivity contribution < 1.29 is 9.53 Å². The number of carbonyl (C=O) groups is 1. The van der Waals surface area contributed by atoms with Gasteiger partial charge in [-0.2, -0.15) is 5.10 Å². The van der Waals surface area contributed by atoms with Crippen molar-refractivity contribution in [3.05, 3.63) is 70.6 Å². The molecule has 0 saturated carbocycles. The van der Waals surface area contributed by atoms with Crippen molar-refractivity contribution in [2.24, 2.45) is 0 Å². The summed E-state index contributed by atoms with van der Waals surface area (Å²) in [6.45, 7) is 3.07. The highest BCUT2D eigenvalue weighted by molar-refractivity contribution is 6.39. The number of aromatic nitrogens is 4. The van der Waals surface area contributed by atoms with Gasteiger partial charge in [-0.05, 0) is 18.6 Å². The molecule has 6 rings (SSSR count). The Kier molecular flexibility index (Phi) is 7.71. The Morgan fingerprint density at radius 2 is 1.93 bits per heavy atom. The molecule has 5 heterocycles. The maximum atomic E-state index is 11.4. The summed E-state index contributed by atoms with van der Waals surface area (Å²) in [4.78, 5) is 20.8. The zero-order chi connectivity index (χ0) is 27.6. The highest BCUT2D eigenvalue weighted by Gasteiger charge is 2.23. The Morgan fingerprint density at radius 3 is 2.67 bits per heavy atom. The molecule has 0 radical (unpaired) electrons. The quantitative estimate of drug-likeness (QED) is 0.269. The van der Waals surface area contributed by atoms with Crippen LogP contribution in [-0.2, 0) is 11.3 Å². The van der Waals surface area contributed by atoms with Crippen LogP contribution in [0.5, 0.6) is 5.88 Å². The van der Waals surface area contributed by atoms with Crippen molar-refractivity contribution in [2.75, 3.05) is 26.7 Å². The zero-order valence-corrected chi connectivity index (χ0v) is 23.5. The van der Waals surface area contributed by atoms with Gasteiger partial charge < -0.3 is 20.7 Å². The minimum absolute atomic E-state index is 0.108. The molecule has 2 aliphatic heterocycles. The summed E-state index contributed by atoms with van der Waals surface area (Å²) in [5.74, 6) is 0.626. The van der Waals surface area contributed by atoms with E-state index >= 15 is 0 Å². The van der Waals surface area contributed by atoms with E-state index in [1.54, 1.807) is 19.5 Å². The first-order valence-corrected chi connectivity index (χ1v) is 14.0. The molecule has 1 amide bonds. The normalized spacial score (nSPS) is 17.1. The number of methoxy groups -OCH3 is 1. The first-order chi connectivity index (χ1) is 19.5. The molecule has 206 valence electrons. The van der Waals surface area contributed by atoms with Gasteiger partial charge in [0.2, 0.25) is 11.8 Å². The minimum atomic E-state index is 0.108. The lowest BCUT2D eigenvalue weighted by atomic mass is 10.00. The van der Waals surface area contributed by atoms with Gasteiger partial charge in [-0.15, -0.1) is 0 Å². The molecule has 11 heteroatoms. The fourth-order valence-electron chi connectivity index (χ4n) is 5.05. The van der Waals surface area contributed by atoms with E-state index in [2.05, 4.69) is 26.0 Å². The molecule has 2 aliphatic rings. The van der Waals surface area contributed by atoms with Crippen molar-refractivity contribution in [3.63, 3.8) is 0 Å². The standard InChI is InChI=1S/C29H29Cl2N7O2/c1-40-29-17(11-32-13-19-6-8-25(39)36-19)5-7-24(37-29)23-4-2-3-21(26(23)30)22-9-10-34-28(27(22)31)18-12-35-38(16-18)20-14-33-15-20/h2-5,7,9-10,12,16,19-20,32-33H,6,8,11,13-15H2,1H3,(H,36,39). The lowest BCUT2D eigenvalue weighted by molar-refractivity contribution is -0.119. The van der Waals surface area contributed by atoms with Crippen molar-refractivity contribution in [1.29, 1.82) is 0 Å². The number of nitrogens with zero attached hydrogens (tertiary/aromatic N) is 4. The van der Waals surface area contributed by atoms with Crippen molar-refractivity contribution in [2.45, 2.75) is 31.5 Å². The SMILES string of the molecule is COc1nc(-c2cccc(-c3ccnc(-c4cnn(C5CNC5)c4)c3Cl)c2Cl)ccc1CNCC1CCC(=O)N1. The summed E-state index contributed by atoms with van der Waals surface area (Å²) < 4.78 is 7.56. The molecule has 2 fully saturated rings. The number of nitrogens with one attached hydrogen (secondary N) is 3. The van der Waals surface area contributed by atoms with Crippen LogP contribution < -0.4 is 20.7 Å². The van der Waals surface area contributed by atoms with Crippen LogP contribution in [-0.4, -0.2) is 58.4 Å². The molecular formula is C29H29Cl2N7O2. The van der Waals surface area contributed by atoms with Gasteiger partial charge in [0.25, 0.3) is 0 Å². The summed E-state index contributed by atoms with van der Waals surface area (Å²) in [5.41, 5.74) is 5.46. The number of benzene rings is 1. The Balaban J connectivity index is 1.25. The third-order valence-electron chi connectivity index (χ3n) is 7.39. The fraction of sp³-hybridized carbons (Fsp3) is 0.310. The number of carbonyl (C=O) groups excluding carboxylic acids is 1. The van der Waals surface area contributed by atoms with Gasteiger partial charge in [0.1, 0.15) is 0 Å². The van der Waals surface area contributed by atoms with Crippen LogP contribution in [0.2, 0.25) is 10.0 Å². The zero-order valence-electron chi connectivity index (χ0n) is 22.0. The first-order valence-electron chi connectivity index (χ1n) is 13.2. The number of hydrogen-bond donors (Lipinski definition) is 3. The Bertz CT molecular complexity index is 1550. The number of amides is 1. The monoisotopic (exact) mass is 577 g/mol. The highest BCUT2D eigenvalue weighted by atomic mass is 35.5. The van der Waals surface area contributed by atoms with Crippen molar-refractivity contribution in [1.82, 2.24) is 35.7 Å². The van der Waals surface area contributed by atoms with Gasteiger partial charge in [-0.3, -0.25) is 14.5 Å². The molecule has 3 aromatic heterocycles. The highest BCUT2D eigenvalue weighted by Crippen LogP contribution is 2.41. The van der Waals surface area contributed by atoms with Gasteiger partial charge in [-0.25, -0.2) is 4.98 Å². The Hall–Kier alpha value is -3.50. The number of hydrogen-bond acceptors (Lipinski definition) is 7. The third-order valence-corrected chi connectivity index (χ3v) is 8.18. The second kappa shape index (κ2) is 11.5. The maximum absolute atomic E-state index is 11.4. The van der Waals surface area contributed by atoms with E-state index in [0.717, 1.165) is 47.3 Å². The average Bonchev–Trinajstić information content (AvgIpc) is 3.57. The molecule has 2 saturated heterocycles. The van der Waals surface area contributed by atoms with E-state index in [0.29, 0.717) is 52.9 Å². The lowest BCUT2D eigenvalue weighted by Gasteiger charge is -2.27. The van der Waals surface area contributed by atoms with Crippen LogP contribution >= 0.6 is 23.2 Å². The van der Waals surface area contributed by atoms with Crippen molar-refractivity contribution >= 4 is 29.1 Å². The number of pyridine rings is 2. The van der Waals surface area contributed by atoms with E-state index in [4.69, 9.17) is 32.9 Å². The fourth-order valence-corrected chi connectivity index (χ4v) is 5.70. The lowest BCUT2D eigenvalue weighted by Crippen LogP contribution is -2.43. The summed E-state index contributed by atoms with van der Waals surface area (Å²) in [7, 11) is 1.60. The molecule has 0 bridgehead atoms. The van der Waals surface area contributed by atoms with Crippen LogP contribution in [0.15, 0.2) is 55.0 Å². The van der Waals surface area contributed by atoms with Gasteiger partial charge in [0.15, 0.2) is 0 Å². The molecule has 1 atom stereocenters. The van der Waals surface area contributed by atoms with Gasteiger partial charge in [0, 0.05) is 78.9 Å². The smallest absolute Gasteiger partial charge is 0.220 e. The summed E-state index contributed by atoms with van der Waals surface area (Å²) in [6.07, 6.45) is 6.95. The molecule has 0 aliphatic carbocycles. The molecular weight excluding hydrogens is 549 g/mol. The maximum Gasteiger partial charge on any atom is 0.220 e. The van der Waals surface area contributed by atoms with Crippen LogP contribution in [0.4, 0.5) is 0 Å². The molecule has 1 aromatic carbocycles. The molecule has 4 aromatic rings. The molecule has 9 nitrogen and oxygen atoms in total. The van der Waals surface area contributed by atoms with E-state index in [1.807, 2.05) is 47.3 Å². The largest absolute Gasteiger partial charge is 0.481 e. The van der Waals surface area contributed by atoms with E-state index in [1.165, 1.54) is 0 Å².